The van der Waals surface area contributed by atoms with E-state index in [1.54, 1.807) is 36.5 Å². The van der Waals surface area contributed by atoms with Crippen molar-refractivity contribution in [3.63, 3.8) is 0 Å². The second-order valence-electron chi connectivity index (χ2n) is 5.16. The van der Waals surface area contributed by atoms with Gasteiger partial charge < -0.3 is 14.8 Å². The number of rotatable bonds is 3. The molecular formula is C15H15BrN4O2. The minimum absolute atomic E-state index is 0.128. The van der Waals surface area contributed by atoms with Gasteiger partial charge in [-0.15, -0.1) is 0 Å². The van der Waals surface area contributed by atoms with Crippen molar-refractivity contribution >= 4 is 39.0 Å². The molecule has 1 aliphatic heterocycles. The quantitative estimate of drug-likeness (QED) is 0.910. The Hall–Kier alpha value is -2.15. The first-order valence-electron chi connectivity index (χ1n) is 6.94. The fourth-order valence-electron chi connectivity index (χ4n) is 2.44. The Morgan fingerprint density at radius 3 is 2.77 bits per heavy atom. The van der Waals surface area contributed by atoms with Crippen molar-refractivity contribution in [1.82, 2.24) is 9.55 Å². The number of nitrogens with one attached hydrogen (secondary N) is 1. The van der Waals surface area contributed by atoms with Crippen molar-refractivity contribution < 1.29 is 4.79 Å². The maximum atomic E-state index is 12.0. The summed E-state index contributed by atoms with van der Waals surface area (Å²) >= 11 is 3.36. The second kappa shape index (κ2) is 5.92. The van der Waals surface area contributed by atoms with Crippen LogP contribution in [0.4, 0.5) is 17.2 Å². The van der Waals surface area contributed by atoms with Crippen LogP contribution in [0.15, 0.2) is 39.9 Å². The molecule has 0 bridgehead atoms. The Labute approximate surface area is 135 Å². The largest absolute Gasteiger partial charge is 0.336 e. The van der Waals surface area contributed by atoms with Gasteiger partial charge in [0.25, 0.3) is 5.56 Å². The van der Waals surface area contributed by atoms with Crippen LogP contribution in [0.3, 0.4) is 0 Å². The summed E-state index contributed by atoms with van der Waals surface area (Å²) < 4.78 is 2.29. The number of nitrogens with zero attached hydrogens (tertiary/aromatic N) is 3. The Bertz CT molecular complexity index is 770. The van der Waals surface area contributed by atoms with Crippen LogP contribution < -0.4 is 15.8 Å². The average Bonchev–Trinajstić information content (AvgIpc) is 2.91. The normalized spacial score (nSPS) is 14.5. The number of carbonyl (C=O) groups excluding carboxylic acids is 1. The number of hydrogen-bond acceptors (Lipinski definition) is 4. The maximum absolute atomic E-state index is 12.0. The summed E-state index contributed by atoms with van der Waals surface area (Å²) in [6.45, 7) is 0.736. The fraction of sp³-hybridized carbons (Fsp3) is 0.267. The molecule has 1 fully saturated rings. The van der Waals surface area contributed by atoms with Crippen LogP contribution >= 0.6 is 15.9 Å². The van der Waals surface area contributed by atoms with Gasteiger partial charge in [0.05, 0.1) is 11.9 Å². The molecule has 0 saturated carbocycles. The van der Waals surface area contributed by atoms with E-state index in [0.29, 0.717) is 17.9 Å². The number of amides is 1. The molecule has 7 heteroatoms. The summed E-state index contributed by atoms with van der Waals surface area (Å²) in [6, 6.07) is 5.31. The van der Waals surface area contributed by atoms with Crippen LogP contribution in [0.1, 0.15) is 12.8 Å². The molecule has 3 rings (SSSR count). The van der Waals surface area contributed by atoms with E-state index < -0.39 is 0 Å². The molecule has 0 spiro atoms. The highest BCUT2D eigenvalue weighted by atomic mass is 79.9. The number of hydrogen-bond donors (Lipinski definition) is 1. The third-order valence-electron chi connectivity index (χ3n) is 3.55. The second-order valence-corrected chi connectivity index (χ2v) is 6.08. The molecule has 1 saturated heterocycles. The van der Waals surface area contributed by atoms with Crippen LogP contribution in [0.25, 0.3) is 0 Å². The average molecular weight is 363 g/mol. The molecule has 0 radical (unpaired) electrons. The third-order valence-corrected chi connectivity index (χ3v) is 3.98. The van der Waals surface area contributed by atoms with E-state index in [-0.39, 0.29) is 11.5 Å². The molecule has 2 aromatic rings. The van der Waals surface area contributed by atoms with E-state index in [9.17, 15) is 9.59 Å². The molecule has 0 unspecified atom stereocenters. The Balaban J connectivity index is 1.82. The lowest BCUT2D eigenvalue weighted by molar-refractivity contribution is -0.117. The van der Waals surface area contributed by atoms with Crippen LogP contribution in [0.2, 0.25) is 0 Å². The van der Waals surface area contributed by atoms with E-state index in [1.807, 2.05) is 6.07 Å². The van der Waals surface area contributed by atoms with Crippen molar-refractivity contribution in [3.05, 3.63) is 45.4 Å². The van der Waals surface area contributed by atoms with Gasteiger partial charge in [0.2, 0.25) is 5.91 Å². The lowest BCUT2D eigenvalue weighted by atomic mass is 10.3. The highest BCUT2D eigenvalue weighted by molar-refractivity contribution is 9.10. The molecular weight excluding hydrogens is 348 g/mol. The number of pyridine rings is 2. The van der Waals surface area contributed by atoms with Gasteiger partial charge in [-0.3, -0.25) is 9.59 Å². The first-order chi connectivity index (χ1) is 10.5. The van der Waals surface area contributed by atoms with Crippen molar-refractivity contribution in [2.24, 2.45) is 7.05 Å². The number of anilines is 3. The van der Waals surface area contributed by atoms with E-state index >= 15 is 0 Å². The third kappa shape index (κ3) is 2.89. The highest BCUT2D eigenvalue weighted by Crippen LogP contribution is 2.22. The van der Waals surface area contributed by atoms with Gasteiger partial charge in [-0.25, -0.2) is 4.98 Å². The van der Waals surface area contributed by atoms with Crippen LogP contribution in [-0.2, 0) is 11.8 Å². The number of aryl methyl sites for hydroxylation is 1. The van der Waals surface area contributed by atoms with Gasteiger partial charge in [0.15, 0.2) is 0 Å². The van der Waals surface area contributed by atoms with Crippen molar-refractivity contribution in [2.45, 2.75) is 12.8 Å². The summed E-state index contributed by atoms with van der Waals surface area (Å²) in [4.78, 5) is 29.8. The van der Waals surface area contributed by atoms with Crippen LogP contribution in [0.5, 0.6) is 0 Å². The van der Waals surface area contributed by atoms with E-state index in [4.69, 9.17) is 0 Å². The van der Waals surface area contributed by atoms with Gasteiger partial charge in [-0.05, 0) is 40.5 Å². The SMILES string of the molecule is Cn1cc(Br)cc(Nc2ccc(N3CCCC3=O)cn2)c1=O. The van der Waals surface area contributed by atoms with Gasteiger partial charge in [0, 0.05) is 30.7 Å². The molecule has 1 N–H and O–H groups in total. The predicted octanol–water partition coefficient (Wildman–Crippen LogP) is 2.41. The van der Waals surface area contributed by atoms with E-state index in [2.05, 4.69) is 26.2 Å². The molecule has 0 aliphatic carbocycles. The number of halogens is 1. The lowest BCUT2D eigenvalue weighted by Gasteiger charge is -2.15. The highest BCUT2D eigenvalue weighted by Gasteiger charge is 2.21. The summed E-state index contributed by atoms with van der Waals surface area (Å²) in [6.07, 6.45) is 4.82. The van der Waals surface area contributed by atoms with Crippen molar-refractivity contribution in [2.75, 3.05) is 16.8 Å². The summed E-state index contributed by atoms with van der Waals surface area (Å²) in [7, 11) is 1.69. The van der Waals surface area contributed by atoms with Gasteiger partial charge in [-0.2, -0.15) is 0 Å². The molecule has 2 aromatic heterocycles. The molecule has 0 atom stereocenters. The monoisotopic (exact) mass is 362 g/mol. The lowest BCUT2D eigenvalue weighted by Crippen LogP contribution is -2.23. The molecule has 22 heavy (non-hydrogen) atoms. The summed E-state index contributed by atoms with van der Waals surface area (Å²) in [5.74, 6) is 0.689. The molecule has 1 aliphatic rings. The maximum Gasteiger partial charge on any atom is 0.274 e. The summed E-state index contributed by atoms with van der Waals surface area (Å²) in [5, 5.41) is 3.00. The zero-order valence-corrected chi connectivity index (χ0v) is 13.6. The topological polar surface area (TPSA) is 67.2 Å². The summed E-state index contributed by atoms with van der Waals surface area (Å²) in [5.41, 5.74) is 1.09. The zero-order chi connectivity index (χ0) is 15.7. The number of aromatic nitrogens is 2. The van der Waals surface area contributed by atoms with Crippen LogP contribution in [-0.4, -0.2) is 22.0 Å². The first kappa shape index (κ1) is 14.8. The van der Waals surface area contributed by atoms with Crippen LogP contribution in [0, 0.1) is 0 Å². The molecule has 114 valence electrons. The minimum Gasteiger partial charge on any atom is -0.336 e. The fourth-order valence-corrected chi connectivity index (χ4v) is 2.97. The zero-order valence-electron chi connectivity index (χ0n) is 12.0. The Morgan fingerprint density at radius 2 is 2.14 bits per heavy atom. The van der Waals surface area contributed by atoms with Crippen molar-refractivity contribution in [1.29, 1.82) is 0 Å². The smallest absolute Gasteiger partial charge is 0.274 e. The molecule has 6 nitrogen and oxygen atoms in total. The molecule has 1 amide bonds. The van der Waals surface area contributed by atoms with Gasteiger partial charge >= 0.3 is 0 Å². The van der Waals surface area contributed by atoms with Crippen molar-refractivity contribution in [3.8, 4) is 0 Å². The van der Waals surface area contributed by atoms with Gasteiger partial charge in [-0.1, -0.05) is 0 Å². The van der Waals surface area contributed by atoms with E-state index in [0.717, 1.165) is 23.1 Å². The Kier molecular flexibility index (Phi) is 3.98. The molecule has 0 aromatic carbocycles. The predicted molar refractivity (Wildman–Crippen MR) is 88.5 cm³/mol. The van der Waals surface area contributed by atoms with Gasteiger partial charge in [0.1, 0.15) is 11.5 Å². The minimum atomic E-state index is -0.135. The standard InChI is InChI=1S/C15H15BrN4O2/c1-19-9-10(16)7-12(15(19)22)18-13-5-4-11(8-17-13)20-6-2-3-14(20)21/h4-5,7-9H,2-3,6H2,1H3,(H,17,18). The number of carbonyl (C=O) groups is 1. The molecule has 3 heterocycles. The Morgan fingerprint density at radius 1 is 1.32 bits per heavy atom. The first-order valence-corrected chi connectivity index (χ1v) is 7.73. The van der Waals surface area contributed by atoms with E-state index in [1.165, 1.54) is 4.57 Å².